The Labute approximate surface area is 254 Å². The summed E-state index contributed by atoms with van der Waals surface area (Å²) in [4.78, 5) is 23.1. The molecule has 3 aromatic rings. The molecule has 2 fully saturated rings. The zero-order valence-corrected chi connectivity index (χ0v) is 25.3. The van der Waals surface area contributed by atoms with E-state index in [0.717, 1.165) is 36.9 Å². The van der Waals surface area contributed by atoms with Crippen LogP contribution in [-0.4, -0.2) is 59.1 Å². The average molecular weight is 614 g/mol. The van der Waals surface area contributed by atoms with Crippen molar-refractivity contribution in [3.63, 3.8) is 0 Å². The second-order valence-corrected chi connectivity index (χ2v) is 12.6. The number of amides is 1. The van der Waals surface area contributed by atoms with Gasteiger partial charge in [0.2, 0.25) is 0 Å². The fraction of sp³-hybridized carbons (Fsp3) is 0.469. The standard InChI is InChI=1S/C32H38F3N5O4/c1-19-11-22(39-30(41)44-31(2,3)4)17-40(16-19)27-7-9-36-15-26(27)37-14-21-5-6-23(33)29(38-21)28-24(34)12-20(13-25(28)35)32(42)8-10-43-18-32/h5-7,9,12-13,15,19,22,37,42H,8,10-11,14,16-18H2,1-4H3,(H,39,41). The van der Waals surface area contributed by atoms with Crippen LogP contribution in [-0.2, 0) is 21.6 Å². The zero-order valence-electron chi connectivity index (χ0n) is 25.3. The summed E-state index contributed by atoms with van der Waals surface area (Å²) in [5.41, 5.74) is -1.27. The number of carbonyl (C=O) groups excluding carboxylic acids is 1. The Balaban J connectivity index is 1.33. The molecule has 0 radical (unpaired) electrons. The molecule has 0 spiro atoms. The number of aromatic nitrogens is 2. The van der Waals surface area contributed by atoms with E-state index in [1.54, 1.807) is 12.4 Å². The second-order valence-electron chi connectivity index (χ2n) is 12.6. The van der Waals surface area contributed by atoms with Crippen LogP contribution in [0.25, 0.3) is 11.3 Å². The number of nitrogens with zero attached hydrogens (tertiary/aromatic N) is 3. The van der Waals surface area contributed by atoms with Gasteiger partial charge in [0.05, 0.1) is 42.0 Å². The number of alkyl carbamates (subject to hydrolysis) is 1. The summed E-state index contributed by atoms with van der Waals surface area (Å²) in [5, 5.41) is 16.9. The highest BCUT2D eigenvalue weighted by Crippen LogP contribution is 2.36. The van der Waals surface area contributed by atoms with Crippen LogP contribution in [0.3, 0.4) is 0 Å². The third kappa shape index (κ3) is 7.24. The molecular formula is C32H38F3N5O4. The molecule has 2 aliphatic rings. The van der Waals surface area contributed by atoms with Crippen molar-refractivity contribution < 1.29 is 32.5 Å². The summed E-state index contributed by atoms with van der Waals surface area (Å²) >= 11 is 0. The van der Waals surface area contributed by atoms with Gasteiger partial charge in [-0.05, 0) is 69.0 Å². The van der Waals surface area contributed by atoms with E-state index in [9.17, 15) is 14.3 Å². The molecule has 3 atom stereocenters. The van der Waals surface area contributed by atoms with Gasteiger partial charge in [-0.25, -0.2) is 22.9 Å². The van der Waals surface area contributed by atoms with Gasteiger partial charge < -0.3 is 30.1 Å². The largest absolute Gasteiger partial charge is 0.444 e. The van der Waals surface area contributed by atoms with E-state index < -0.39 is 46.0 Å². The van der Waals surface area contributed by atoms with Gasteiger partial charge >= 0.3 is 6.09 Å². The molecule has 12 heteroatoms. The van der Waals surface area contributed by atoms with Crippen molar-refractivity contribution in [3.8, 4) is 11.3 Å². The van der Waals surface area contributed by atoms with Gasteiger partial charge in [-0.15, -0.1) is 0 Å². The van der Waals surface area contributed by atoms with Gasteiger partial charge in [-0.2, -0.15) is 0 Å². The monoisotopic (exact) mass is 613 g/mol. The summed E-state index contributed by atoms with van der Waals surface area (Å²) in [7, 11) is 0. The Morgan fingerprint density at radius 1 is 1.16 bits per heavy atom. The van der Waals surface area contributed by atoms with Crippen LogP contribution >= 0.6 is 0 Å². The Hall–Kier alpha value is -3.90. The minimum Gasteiger partial charge on any atom is -0.444 e. The molecule has 0 aliphatic carbocycles. The molecule has 0 bridgehead atoms. The Kier molecular flexibility index (Phi) is 9.03. The second kappa shape index (κ2) is 12.6. The number of anilines is 2. The number of piperidine rings is 1. The predicted molar refractivity (Wildman–Crippen MR) is 160 cm³/mol. The zero-order chi connectivity index (χ0) is 31.6. The van der Waals surface area contributed by atoms with Crippen LogP contribution in [0.1, 0.15) is 51.8 Å². The van der Waals surface area contributed by atoms with E-state index in [1.807, 2.05) is 26.8 Å². The highest BCUT2D eigenvalue weighted by Gasteiger charge is 2.36. The Morgan fingerprint density at radius 3 is 2.59 bits per heavy atom. The first-order valence-electron chi connectivity index (χ1n) is 14.7. The van der Waals surface area contributed by atoms with Crippen molar-refractivity contribution in [2.45, 2.75) is 64.3 Å². The van der Waals surface area contributed by atoms with Crippen LogP contribution in [0.15, 0.2) is 42.7 Å². The summed E-state index contributed by atoms with van der Waals surface area (Å²) < 4.78 is 55.9. The number of hydrogen-bond donors (Lipinski definition) is 3. The van der Waals surface area contributed by atoms with Crippen LogP contribution in [0.4, 0.5) is 29.3 Å². The molecule has 236 valence electrons. The van der Waals surface area contributed by atoms with E-state index in [2.05, 4.69) is 32.4 Å². The third-order valence-corrected chi connectivity index (χ3v) is 7.70. The number of halogens is 3. The van der Waals surface area contributed by atoms with Crippen molar-refractivity contribution in [1.82, 2.24) is 15.3 Å². The summed E-state index contributed by atoms with van der Waals surface area (Å²) in [5.74, 6) is -2.65. The molecule has 1 amide bonds. The van der Waals surface area contributed by atoms with Gasteiger partial charge in [0.15, 0.2) is 0 Å². The molecule has 2 saturated heterocycles. The lowest BCUT2D eigenvalue weighted by Gasteiger charge is -2.39. The fourth-order valence-electron chi connectivity index (χ4n) is 5.72. The number of rotatable bonds is 7. The number of ether oxygens (including phenoxy) is 2. The van der Waals surface area contributed by atoms with E-state index in [0.29, 0.717) is 17.9 Å². The topological polar surface area (TPSA) is 109 Å². The van der Waals surface area contributed by atoms with E-state index >= 15 is 8.78 Å². The first-order chi connectivity index (χ1) is 20.8. The quantitative estimate of drug-likeness (QED) is 0.320. The maximum Gasteiger partial charge on any atom is 0.407 e. The van der Waals surface area contributed by atoms with Crippen molar-refractivity contribution >= 4 is 17.5 Å². The smallest absolute Gasteiger partial charge is 0.407 e. The number of benzene rings is 1. The lowest BCUT2D eigenvalue weighted by Crippen LogP contribution is -2.51. The van der Waals surface area contributed by atoms with Crippen molar-refractivity contribution in [1.29, 1.82) is 0 Å². The predicted octanol–water partition coefficient (Wildman–Crippen LogP) is 5.52. The molecule has 2 aliphatic heterocycles. The third-order valence-electron chi connectivity index (χ3n) is 7.70. The van der Waals surface area contributed by atoms with Crippen LogP contribution in [0.5, 0.6) is 0 Å². The number of aliphatic hydroxyl groups is 1. The number of nitrogens with one attached hydrogen (secondary N) is 2. The highest BCUT2D eigenvalue weighted by atomic mass is 19.1. The molecule has 1 aromatic carbocycles. The van der Waals surface area contributed by atoms with Crippen LogP contribution in [0, 0.1) is 23.4 Å². The van der Waals surface area contributed by atoms with Gasteiger partial charge in [-0.3, -0.25) is 4.98 Å². The van der Waals surface area contributed by atoms with E-state index in [4.69, 9.17) is 9.47 Å². The molecule has 3 N–H and O–H groups in total. The first kappa shape index (κ1) is 31.5. The van der Waals surface area contributed by atoms with E-state index in [-0.39, 0.29) is 43.7 Å². The van der Waals surface area contributed by atoms with Crippen LogP contribution in [0.2, 0.25) is 0 Å². The van der Waals surface area contributed by atoms with E-state index in [1.165, 1.54) is 6.07 Å². The molecule has 9 nitrogen and oxygen atoms in total. The van der Waals surface area contributed by atoms with Crippen molar-refractivity contribution in [2.75, 3.05) is 36.5 Å². The normalized spacial score (nSPS) is 22.1. The Bertz CT molecular complexity index is 1490. The van der Waals surface area contributed by atoms with Gasteiger partial charge in [0.1, 0.15) is 34.3 Å². The lowest BCUT2D eigenvalue weighted by molar-refractivity contribution is 0.0227. The summed E-state index contributed by atoms with van der Waals surface area (Å²) in [6.45, 7) is 9.17. The number of carbonyl (C=O) groups is 1. The molecule has 0 saturated carbocycles. The minimum absolute atomic E-state index is 0.0339. The van der Waals surface area contributed by atoms with Crippen molar-refractivity contribution in [3.05, 3.63) is 71.4 Å². The molecule has 5 rings (SSSR count). The molecule has 4 heterocycles. The first-order valence-corrected chi connectivity index (χ1v) is 14.7. The highest BCUT2D eigenvalue weighted by molar-refractivity contribution is 5.71. The number of pyridine rings is 2. The van der Waals surface area contributed by atoms with Crippen LogP contribution < -0.4 is 15.5 Å². The summed E-state index contributed by atoms with van der Waals surface area (Å²) in [6.07, 6.45) is 3.87. The summed E-state index contributed by atoms with van der Waals surface area (Å²) in [6, 6.07) is 6.30. The van der Waals surface area contributed by atoms with Crippen molar-refractivity contribution in [2.24, 2.45) is 5.92 Å². The van der Waals surface area contributed by atoms with Gasteiger partial charge in [-0.1, -0.05) is 6.92 Å². The van der Waals surface area contributed by atoms with Gasteiger partial charge in [0.25, 0.3) is 0 Å². The molecular weight excluding hydrogens is 575 g/mol. The minimum atomic E-state index is -1.50. The molecule has 2 aromatic heterocycles. The Morgan fingerprint density at radius 2 is 1.91 bits per heavy atom. The maximum absolute atomic E-state index is 15.2. The number of hydrogen-bond acceptors (Lipinski definition) is 8. The maximum atomic E-state index is 15.2. The fourth-order valence-corrected chi connectivity index (χ4v) is 5.72. The SMILES string of the molecule is CC1CC(NC(=O)OC(C)(C)C)CN(c2ccncc2NCc2ccc(F)c(-c3c(F)cc(C4(O)CCOC4)cc3F)n2)C1. The van der Waals surface area contributed by atoms with Gasteiger partial charge in [0, 0.05) is 38.4 Å². The average Bonchev–Trinajstić information content (AvgIpc) is 3.39. The molecule has 3 unspecified atom stereocenters. The molecule has 44 heavy (non-hydrogen) atoms. The lowest BCUT2D eigenvalue weighted by atomic mass is 9.91.